The number of hydrogen-bond acceptors (Lipinski definition) is 5. The largest absolute Gasteiger partial charge is 0.444 e. The van der Waals surface area contributed by atoms with Gasteiger partial charge in [-0.15, -0.1) is 0 Å². The van der Waals surface area contributed by atoms with Gasteiger partial charge in [0.1, 0.15) is 5.60 Å². The third-order valence-electron chi connectivity index (χ3n) is 4.39. The van der Waals surface area contributed by atoms with Crippen molar-refractivity contribution in [1.82, 2.24) is 14.9 Å². The highest BCUT2D eigenvalue weighted by Gasteiger charge is 2.26. The van der Waals surface area contributed by atoms with Gasteiger partial charge >= 0.3 is 6.09 Å². The Bertz CT molecular complexity index is 749. The Balaban J connectivity index is 1.41. The number of rotatable bonds is 4. The highest BCUT2D eigenvalue weighted by molar-refractivity contribution is 5.74. The number of nitrogens with zero attached hydrogens (tertiary/aromatic N) is 3. The summed E-state index contributed by atoms with van der Waals surface area (Å²) in [5.74, 6) is 0.465. The highest BCUT2D eigenvalue weighted by atomic mass is 16.6. The summed E-state index contributed by atoms with van der Waals surface area (Å²) in [4.78, 5) is 22.7. The number of likely N-dealkylation sites (tertiary alicyclic amines) is 1. The maximum Gasteiger partial charge on any atom is 0.410 e. The first-order chi connectivity index (χ1) is 12.4. The molecule has 26 heavy (non-hydrogen) atoms. The molecule has 0 spiro atoms. The Morgan fingerprint density at radius 1 is 1.23 bits per heavy atom. The summed E-state index contributed by atoms with van der Waals surface area (Å²) in [5, 5.41) is 1.03. The van der Waals surface area contributed by atoms with Gasteiger partial charge in [-0.1, -0.05) is 0 Å². The molecule has 0 atom stereocenters. The van der Waals surface area contributed by atoms with Crippen LogP contribution in [0.5, 0.6) is 0 Å². The molecular formula is C20H27N3O3. The van der Waals surface area contributed by atoms with Crippen LogP contribution in [0.15, 0.2) is 30.5 Å². The molecule has 6 heteroatoms. The van der Waals surface area contributed by atoms with Crippen LogP contribution in [-0.4, -0.2) is 46.3 Å². The molecule has 140 valence electrons. The third-order valence-corrected chi connectivity index (χ3v) is 4.39. The molecule has 0 aromatic carbocycles. The lowest BCUT2D eigenvalue weighted by Gasteiger charge is -2.33. The first kappa shape index (κ1) is 18.6. The predicted molar refractivity (Wildman–Crippen MR) is 99.7 cm³/mol. The fourth-order valence-electron chi connectivity index (χ4n) is 3.01. The first-order valence-electron chi connectivity index (χ1n) is 9.17. The minimum Gasteiger partial charge on any atom is -0.444 e. The van der Waals surface area contributed by atoms with E-state index >= 15 is 0 Å². The predicted octanol–water partition coefficient (Wildman–Crippen LogP) is 3.79. The van der Waals surface area contributed by atoms with Crippen molar-refractivity contribution in [2.45, 2.75) is 45.8 Å². The molecular weight excluding hydrogens is 330 g/mol. The van der Waals surface area contributed by atoms with Gasteiger partial charge < -0.3 is 14.4 Å². The summed E-state index contributed by atoms with van der Waals surface area (Å²) in [6.07, 6.45) is 3.40. The molecule has 0 saturated carbocycles. The number of pyridine rings is 2. The number of aromatic nitrogens is 2. The zero-order valence-electron chi connectivity index (χ0n) is 15.8. The SMILES string of the molecule is CC(C)(C)OC(=O)N1CCC(COCc2ccc3cccnc3n2)CC1. The Kier molecular flexibility index (Phi) is 5.71. The minimum atomic E-state index is -0.446. The lowest BCUT2D eigenvalue weighted by atomic mass is 9.98. The van der Waals surface area contributed by atoms with Crippen LogP contribution >= 0.6 is 0 Å². The Hall–Kier alpha value is -2.21. The maximum atomic E-state index is 12.1. The molecule has 3 rings (SSSR count). The van der Waals surface area contributed by atoms with Crippen LogP contribution < -0.4 is 0 Å². The van der Waals surface area contributed by atoms with Crippen molar-refractivity contribution in [2.75, 3.05) is 19.7 Å². The lowest BCUT2D eigenvalue weighted by Crippen LogP contribution is -2.42. The van der Waals surface area contributed by atoms with E-state index in [2.05, 4.69) is 9.97 Å². The van der Waals surface area contributed by atoms with E-state index in [1.807, 2.05) is 45.0 Å². The number of carbonyl (C=O) groups excluding carboxylic acids is 1. The molecule has 3 heterocycles. The third kappa shape index (κ3) is 5.14. The number of hydrogen-bond donors (Lipinski definition) is 0. The Morgan fingerprint density at radius 2 is 2.00 bits per heavy atom. The van der Waals surface area contributed by atoms with Gasteiger partial charge in [0, 0.05) is 24.7 Å². The molecule has 1 fully saturated rings. The Labute approximate surface area is 154 Å². The summed E-state index contributed by atoms with van der Waals surface area (Å²) >= 11 is 0. The lowest BCUT2D eigenvalue weighted by molar-refractivity contribution is 0.0103. The second-order valence-electron chi connectivity index (χ2n) is 7.78. The molecule has 2 aromatic rings. The molecule has 6 nitrogen and oxygen atoms in total. The van der Waals surface area contributed by atoms with Crippen LogP contribution in [0.4, 0.5) is 4.79 Å². The number of carbonyl (C=O) groups is 1. The van der Waals surface area contributed by atoms with E-state index in [1.165, 1.54) is 0 Å². The second kappa shape index (κ2) is 7.99. The number of fused-ring (bicyclic) bond motifs is 1. The van der Waals surface area contributed by atoms with E-state index in [9.17, 15) is 4.79 Å². The molecule has 1 amide bonds. The molecule has 1 aliphatic heterocycles. The zero-order valence-corrected chi connectivity index (χ0v) is 15.8. The van der Waals surface area contributed by atoms with Crippen LogP contribution in [0, 0.1) is 5.92 Å². The average molecular weight is 357 g/mol. The summed E-state index contributed by atoms with van der Waals surface area (Å²) < 4.78 is 11.3. The first-order valence-corrected chi connectivity index (χ1v) is 9.17. The molecule has 0 N–H and O–H groups in total. The molecule has 0 radical (unpaired) electrons. The molecule has 0 aliphatic carbocycles. The summed E-state index contributed by atoms with van der Waals surface area (Å²) in [6.45, 7) is 8.29. The normalized spacial score (nSPS) is 16.0. The van der Waals surface area contributed by atoms with E-state index in [0.29, 0.717) is 19.1 Å². The van der Waals surface area contributed by atoms with Crippen LogP contribution in [0.3, 0.4) is 0 Å². The fraction of sp³-hybridized carbons (Fsp3) is 0.550. The van der Waals surface area contributed by atoms with E-state index in [1.54, 1.807) is 11.1 Å². The monoisotopic (exact) mass is 357 g/mol. The van der Waals surface area contributed by atoms with Gasteiger partial charge in [0.05, 0.1) is 18.9 Å². The second-order valence-corrected chi connectivity index (χ2v) is 7.78. The van der Waals surface area contributed by atoms with Crippen molar-refractivity contribution in [3.63, 3.8) is 0 Å². The van der Waals surface area contributed by atoms with E-state index in [0.717, 1.165) is 42.7 Å². The van der Waals surface area contributed by atoms with Crippen LogP contribution in [0.2, 0.25) is 0 Å². The molecule has 2 aromatic heterocycles. The topological polar surface area (TPSA) is 64.5 Å². The van der Waals surface area contributed by atoms with Gasteiger partial charge in [-0.3, -0.25) is 0 Å². The summed E-state index contributed by atoms with van der Waals surface area (Å²) in [7, 11) is 0. The van der Waals surface area contributed by atoms with Crippen molar-refractivity contribution >= 4 is 17.1 Å². The average Bonchev–Trinajstić information content (AvgIpc) is 2.61. The standard InChI is InChI=1S/C20H27N3O3/c1-20(2,3)26-19(24)23-11-8-15(9-12-23)13-25-14-17-7-6-16-5-4-10-21-18(16)22-17/h4-7,10,15H,8-9,11-14H2,1-3H3. The van der Waals surface area contributed by atoms with Crippen molar-refractivity contribution in [2.24, 2.45) is 5.92 Å². The summed E-state index contributed by atoms with van der Waals surface area (Å²) in [5.41, 5.74) is 1.19. The molecule has 0 bridgehead atoms. The van der Waals surface area contributed by atoms with Crippen LogP contribution in [-0.2, 0) is 16.1 Å². The van der Waals surface area contributed by atoms with Gasteiger partial charge in [0.25, 0.3) is 0 Å². The van der Waals surface area contributed by atoms with Gasteiger partial charge in [0.2, 0.25) is 0 Å². The maximum absolute atomic E-state index is 12.1. The Morgan fingerprint density at radius 3 is 2.73 bits per heavy atom. The van der Waals surface area contributed by atoms with E-state index in [-0.39, 0.29) is 6.09 Å². The van der Waals surface area contributed by atoms with Crippen LogP contribution in [0.25, 0.3) is 11.0 Å². The van der Waals surface area contributed by atoms with E-state index in [4.69, 9.17) is 9.47 Å². The van der Waals surface area contributed by atoms with Gasteiger partial charge in [0.15, 0.2) is 5.65 Å². The van der Waals surface area contributed by atoms with Crippen molar-refractivity contribution in [3.05, 3.63) is 36.2 Å². The van der Waals surface area contributed by atoms with Crippen LogP contribution in [0.1, 0.15) is 39.3 Å². The smallest absolute Gasteiger partial charge is 0.410 e. The minimum absolute atomic E-state index is 0.218. The van der Waals surface area contributed by atoms with Crippen molar-refractivity contribution in [3.8, 4) is 0 Å². The van der Waals surface area contributed by atoms with Gasteiger partial charge in [-0.2, -0.15) is 0 Å². The zero-order chi connectivity index (χ0) is 18.6. The highest BCUT2D eigenvalue weighted by Crippen LogP contribution is 2.20. The van der Waals surface area contributed by atoms with Gasteiger partial charge in [-0.05, 0) is 63.8 Å². The fourth-order valence-corrected chi connectivity index (χ4v) is 3.01. The number of amides is 1. The van der Waals surface area contributed by atoms with E-state index < -0.39 is 5.60 Å². The van der Waals surface area contributed by atoms with Crippen molar-refractivity contribution < 1.29 is 14.3 Å². The number of piperidine rings is 1. The van der Waals surface area contributed by atoms with Gasteiger partial charge in [-0.25, -0.2) is 14.8 Å². The molecule has 1 saturated heterocycles. The summed E-state index contributed by atoms with van der Waals surface area (Å²) in [6, 6.07) is 7.91. The number of ether oxygens (including phenoxy) is 2. The van der Waals surface area contributed by atoms with Crippen molar-refractivity contribution in [1.29, 1.82) is 0 Å². The molecule has 1 aliphatic rings. The molecule has 0 unspecified atom stereocenters. The quantitative estimate of drug-likeness (QED) is 0.833.